The zero-order valence-electron chi connectivity index (χ0n) is 12.9. The SMILES string of the molecule is CCCNC(Cc1ccco1)c1cc(OC)cc(OC)c1. The fourth-order valence-electron chi connectivity index (χ4n) is 2.29. The van der Waals surface area contributed by atoms with Crippen molar-refractivity contribution in [3.8, 4) is 11.5 Å². The Morgan fingerprint density at radius 2 is 1.86 bits per heavy atom. The van der Waals surface area contributed by atoms with Crippen molar-refractivity contribution in [1.29, 1.82) is 0 Å². The standard InChI is InChI=1S/C17H23NO3/c1-4-7-18-17(12-14-6-5-8-21-14)13-9-15(19-2)11-16(10-13)20-3/h5-6,8-11,17-18H,4,7,12H2,1-3H3. The smallest absolute Gasteiger partial charge is 0.122 e. The van der Waals surface area contributed by atoms with Crippen LogP contribution in [0.15, 0.2) is 41.0 Å². The van der Waals surface area contributed by atoms with Crippen LogP contribution in [0.25, 0.3) is 0 Å². The van der Waals surface area contributed by atoms with Gasteiger partial charge in [-0.2, -0.15) is 0 Å². The summed E-state index contributed by atoms with van der Waals surface area (Å²) in [5.74, 6) is 2.56. The van der Waals surface area contributed by atoms with Crippen LogP contribution in [-0.4, -0.2) is 20.8 Å². The summed E-state index contributed by atoms with van der Waals surface area (Å²) in [6.45, 7) is 3.11. The van der Waals surface area contributed by atoms with Gasteiger partial charge in [-0.05, 0) is 42.8 Å². The molecule has 1 N–H and O–H groups in total. The third kappa shape index (κ3) is 4.26. The van der Waals surface area contributed by atoms with E-state index < -0.39 is 0 Å². The predicted molar refractivity (Wildman–Crippen MR) is 83.0 cm³/mol. The van der Waals surface area contributed by atoms with E-state index in [9.17, 15) is 0 Å². The van der Waals surface area contributed by atoms with Gasteiger partial charge in [0.25, 0.3) is 0 Å². The van der Waals surface area contributed by atoms with Gasteiger partial charge in [0.2, 0.25) is 0 Å². The summed E-state index contributed by atoms with van der Waals surface area (Å²) in [7, 11) is 3.33. The van der Waals surface area contributed by atoms with E-state index in [1.165, 1.54) is 0 Å². The molecule has 0 amide bonds. The van der Waals surface area contributed by atoms with Crippen molar-refractivity contribution >= 4 is 0 Å². The minimum Gasteiger partial charge on any atom is -0.497 e. The van der Waals surface area contributed by atoms with Crippen LogP contribution in [0.2, 0.25) is 0 Å². The summed E-state index contributed by atoms with van der Waals surface area (Å²) in [6, 6.07) is 10.0. The predicted octanol–water partition coefficient (Wildman–Crippen LogP) is 3.58. The van der Waals surface area contributed by atoms with Crippen molar-refractivity contribution in [2.24, 2.45) is 0 Å². The van der Waals surface area contributed by atoms with E-state index in [0.717, 1.165) is 42.2 Å². The first-order valence-electron chi connectivity index (χ1n) is 7.25. The molecule has 0 saturated heterocycles. The zero-order valence-corrected chi connectivity index (χ0v) is 12.9. The fourth-order valence-corrected chi connectivity index (χ4v) is 2.29. The molecule has 1 heterocycles. The molecule has 2 rings (SSSR count). The Labute approximate surface area is 126 Å². The van der Waals surface area contributed by atoms with Gasteiger partial charge in [-0.3, -0.25) is 0 Å². The highest BCUT2D eigenvalue weighted by molar-refractivity contribution is 5.40. The van der Waals surface area contributed by atoms with Crippen molar-refractivity contribution in [3.63, 3.8) is 0 Å². The molecule has 2 aromatic rings. The molecule has 1 atom stereocenters. The summed E-state index contributed by atoms with van der Waals surface area (Å²) in [4.78, 5) is 0. The molecule has 21 heavy (non-hydrogen) atoms. The molecule has 1 aromatic heterocycles. The third-order valence-electron chi connectivity index (χ3n) is 3.40. The van der Waals surface area contributed by atoms with E-state index in [-0.39, 0.29) is 6.04 Å². The minimum absolute atomic E-state index is 0.167. The van der Waals surface area contributed by atoms with Crippen molar-refractivity contribution in [1.82, 2.24) is 5.32 Å². The minimum atomic E-state index is 0.167. The highest BCUT2D eigenvalue weighted by Gasteiger charge is 2.15. The van der Waals surface area contributed by atoms with Gasteiger partial charge in [-0.1, -0.05) is 6.92 Å². The maximum Gasteiger partial charge on any atom is 0.122 e. The number of rotatable bonds is 8. The Morgan fingerprint density at radius 3 is 2.38 bits per heavy atom. The molecular weight excluding hydrogens is 266 g/mol. The van der Waals surface area contributed by atoms with Crippen molar-refractivity contribution in [2.45, 2.75) is 25.8 Å². The van der Waals surface area contributed by atoms with E-state index >= 15 is 0 Å². The Bertz CT molecular complexity index is 515. The quantitative estimate of drug-likeness (QED) is 0.806. The lowest BCUT2D eigenvalue weighted by Crippen LogP contribution is -2.24. The molecule has 0 bridgehead atoms. The first kappa shape index (κ1) is 15.4. The number of nitrogens with one attached hydrogen (secondary N) is 1. The second kappa shape index (κ2) is 7.74. The summed E-state index contributed by atoms with van der Waals surface area (Å²) in [6.07, 6.45) is 3.58. The molecule has 0 spiro atoms. The van der Waals surface area contributed by atoms with Crippen LogP contribution in [0, 0.1) is 0 Å². The van der Waals surface area contributed by atoms with Crippen LogP contribution >= 0.6 is 0 Å². The third-order valence-corrected chi connectivity index (χ3v) is 3.40. The maximum absolute atomic E-state index is 5.48. The number of methoxy groups -OCH3 is 2. The second-order valence-electron chi connectivity index (χ2n) is 4.94. The lowest BCUT2D eigenvalue weighted by Gasteiger charge is -2.19. The zero-order chi connectivity index (χ0) is 15.1. The van der Waals surface area contributed by atoms with E-state index in [4.69, 9.17) is 13.9 Å². The van der Waals surface area contributed by atoms with Crippen molar-refractivity contribution < 1.29 is 13.9 Å². The average molecular weight is 289 g/mol. The van der Waals surface area contributed by atoms with E-state index in [1.54, 1.807) is 20.5 Å². The van der Waals surface area contributed by atoms with Crippen molar-refractivity contribution in [3.05, 3.63) is 47.9 Å². The molecule has 0 radical (unpaired) electrons. The fraction of sp³-hybridized carbons (Fsp3) is 0.412. The number of hydrogen-bond donors (Lipinski definition) is 1. The normalized spacial score (nSPS) is 12.1. The molecule has 1 unspecified atom stereocenters. The summed E-state index contributed by atoms with van der Waals surface area (Å²) < 4.78 is 16.2. The number of benzene rings is 1. The maximum atomic E-state index is 5.48. The van der Waals surface area contributed by atoms with E-state index in [1.807, 2.05) is 30.3 Å². The topological polar surface area (TPSA) is 43.6 Å². The van der Waals surface area contributed by atoms with Crippen LogP contribution in [0.5, 0.6) is 11.5 Å². The first-order chi connectivity index (χ1) is 10.3. The van der Waals surface area contributed by atoms with Crippen molar-refractivity contribution in [2.75, 3.05) is 20.8 Å². The summed E-state index contributed by atoms with van der Waals surface area (Å²) in [5, 5.41) is 3.56. The average Bonchev–Trinajstić information content (AvgIpc) is 3.03. The monoisotopic (exact) mass is 289 g/mol. The van der Waals surface area contributed by atoms with Crippen LogP contribution < -0.4 is 14.8 Å². The Hall–Kier alpha value is -1.94. The van der Waals surface area contributed by atoms with Gasteiger partial charge in [-0.15, -0.1) is 0 Å². The highest BCUT2D eigenvalue weighted by Crippen LogP contribution is 2.28. The Morgan fingerprint density at radius 1 is 1.14 bits per heavy atom. The Kier molecular flexibility index (Phi) is 5.69. The number of furan rings is 1. The molecule has 4 nitrogen and oxygen atoms in total. The molecule has 4 heteroatoms. The van der Waals surface area contributed by atoms with Crippen LogP contribution in [0.4, 0.5) is 0 Å². The molecule has 0 aliphatic heterocycles. The molecule has 0 fully saturated rings. The molecule has 0 aliphatic rings. The highest BCUT2D eigenvalue weighted by atomic mass is 16.5. The number of ether oxygens (including phenoxy) is 2. The van der Waals surface area contributed by atoms with Gasteiger partial charge in [0.15, 0.2) is 0 Å². The lowest BCUT2D eigenvalue weighted by molar-refractivity contribution is 0.389. The lowest BCUT2D eigenvalue weighted by atomic mass is 10.0. The first-order valence-corrected chi connectivity index (χ1v) is 7.25. The van der Waals surface area contributed by atoms with Crippen LogP contribution in [-0.2, 0) is 6.42 Å². The van der Waals surface area contributed by atoms with E-state index in [0.29, 0.717) is 0 Å². The van der Waals surface area contributed by atoms with E-state index in [2.05, 4.69) is 12.2 Å². The van der Waals surface area contributed by atoms with Gasteiger partial charge in [0, 0.05) is 18.5 Å². The molecular formula is C17H23NO3. The van der Waals surface area contributed by atoms with Gasteiger partial charge < -0.3 is 19.2 Å². The second-order valence-corrected chi connectivity index (χ2v) is 4.94. The van der Waals surface area contributed by atoms with Gasteiger partial charge in [0.1, 0.15) is 17.3 Å². The molecule has 114 valence electrons. The molecule has 1 aromatic carbocycles. The van der Waals surface area contributed by atoms with Crippen LogP contribution in [0.3, 0.4) is 0 Å². The molecule has 0 saturated carbocycles. The van der Waals surface area contributed by atoms with Crippen LogP contribution in [0.1, 0.15) is 30.7 Å². The van der Waals surface area contributed by atoms with Gasteiger partial charge in [0.05, 0.1) is 20.5 Å². The molecule has 0 aliphatic carbocycles. The summed E-state index contributed by atoms with van der Waals surface area (Å²) in [5.41, 5.74) is 1.14. The Balaban J connectivity index is 2.25. The number of hydrogen-bond acceptors (Lipinski definition) is 4. The van der Waals surface area contributed by atoms with Gasteiger partial charge in [-0.25, -0.2) is 0 Å². The summed E-state index contributed by atoms with van der Waals surface area (Å²) >= 11 is 0. The van der Waals surface area contributed by atoms with Gasteiger partial charge >= 0.3 is 0 Å². The largest absolute Gasteiger partial charge is 0.497 e.